The molecular weight excluding hydrogens is 238 g/mol. The molecule has 1 rings (SSSR count). The molecule has 76 valence electrons. The Morgan fingerprint density at radius 1 is 1.00 bits per heavy atom. The van der Waals surface area contributed by atoms with Gasteiger partial charge in [-0.25, -0.2) is 0 Å². The molecule has 4 nitrogen and oxygen atoms in total. The average molecular weight is 247 g/mol. The third-order valence-corrected chi connectivity index (χ3v) is 1.15. The standard InChI is InChI=1S/C6H7O4P.2ClH/c7-11(8)10-9-6-4-2-1-3-5-6;;/h1-5,7-8H;2*1H. The fourth-order valence-electron chi connectivity index (χ4n) is 0.552. The Morgan fingerprint density at radius 3 is 2.00 bits per heavy atom. The van der Waals surface area contributed by atoms with Gasteiger partial charge in [0.1, 0.15) is 0 Å². The van der Waals surface area contributed by atoms with Crippen LogP contribution in [0.5, 0.6) is 5.75 Å². The molecule has 0 saturated carbocycles. The molecule has 0 aliphatic rings. The van der Waals surface area contributed by atoms with Gasteiger partial charge in [-0.2, -0.15) is 0 Å². The quantitative estimate of drug-likeness (QED) is 0.487. The lowest BCUT2D eigenvalue weighted by Gasteiger charge is -2.02. The van der Waals surface area contributed by atoms with Gasteiger partial charge in [0.2, 0.25) is 0 Å². The van der Waals surface area contributed by atoms with Crippen LogP contribution >= 0.6 is 33.4 Å². The van der Waals surface area contributed by atoms with Crippen LogP contribution in [0.2, 0.25) is 0 Å². The molecule has 0 aliphatic heterocycles. The molecule has 0 spiro atoms. The number of hydrogen-bond acceptors (Lipinski definition) is 4. The lowest BCUT2D eigenvalue weighted by atomic mass is 10.3. The summed E-state index contributed by atoms with van der Waals surface area (Å²) in [6.07, 6.45) is 0. The number of para-hydroxylation sites is 1. The molecule has 1 aromatic carbocycles. The fraction of sp³-hybridized carbons (Fsp3) is 0. The normalized spacial score (nSPS) is 8.54. The SMILES string of the molecule is Cl.Cl.OP(O)OOc1ccccc1. The van der Waals surface area contributed by atoms with E-state index in [9.17, 15) is 0 Å². The smallest absolute Gasteiger partial charge is 0.329 e. The first-order chi connectivity index (χ1) is 5.29. The zero-order valence-electron chi connectivity index (χ0n) is 6.36. The highest BCUT2D eigenvalue weighted by Crippen LogP contribution is 2.25. The Balaban J connectivity index is 0. The van der Waals surface area contributed by atoms with Crippen LogP contribution < -0.4 is 4.89 Å². The molecule has 2 N–H and O–H groups in total. The highest BCUT2D eigenvalue weighted by Gasteiger charge is 2.00. The highest BCUT2D eigenvalue weighted by molar-refractivity contribution is 7.39. The van der Waals surface area contributed by atoms with Crippen molar-refractivity contribution in [2.75, 3.05) is 0 Å². The Labute approximate surface area is 89.2 Å². The van der Waals surface area contributed by atoms with Crippen LogP contribution in [0.3, 0.4) is 0 Å². The first-order valence-corrected chi connectivity index (χ1v) is 4.03. The van der Waals surface area contributed by atoms with Gasteiger partial charge in [0.15, 0.2) is 5.75 Å². The van der Waals surface area contributed by atoms with Crippen LogP contribution in [-0.2, 0) is 4.67 Å². The van der Waals surface area contributed by atoms with Crippen molar-refractivity contribution in [3.8, 4) is 5.75 Å². The van der Waals surface area contributed by atoms with Crippen molar-refractivity contribution in [3.05, 3.63) is 30.3 Å². The van der Waals surface area contributed by atoms with Crippen molar-refractivity contribution < 1.29 is 19.3 Å². The molecule has 0 unspecified atom stereocenters. The predicted octanol–water partition coefficient (Wildman–Crippen LogP) is 2.05. The summed E-state index contributed by atoms with van der Waals surface area (Å²) >= 11 is 0. The predicted molar refractivity (Wildman–Crippen MR) is 54.0 cm³/mol. The van der Waals surface area contributed by atoms with E-state index < -0.39 is 8.60 Å². The molecule has 0 fully saturated rings. The van der Waals surface area contributed by atoms with Crippen molar-refractivity contribution in [1.29, 1.82) is 0 Å². The maximum absolute atomic E-state index is 8.29. The van der Waals surface area contributed by atoms with E-state index in [2.05, 4.69) is 9.56 Å². The second-order valence-electron chi connectivity index (χ2n) is 1.72. The minimum atomic E-state index is -2.45. The molecule has 0 amide bonds. The minimum absolute atomic E-state index is 0. The van der Waals surface area contributed by atoms with E-state index >= 15 is 0 Å². The third kappa shape index (κ3) is 7.02. The van der Waals surface area contributed by atoms with Crippen molar-refractivity contribution in [2.24, 2.45) is 0 Å². The first-order valence-electron chi connectivity index (χ1n) is 2.86. The summed E-state index contributed by atoms with van der Waals surface area (Å²) in [5, 5.41) is 0. The molecule has 7 heteroatoms. The van der Waals surface area contributed by atoms with Gasteiger partial charge in [0.25, 0.3) is 0 Å². The van der Waals surface area contributed by atoms with Crippen molar-refractivity contribution in [1.82, 2.24) is 0 Å². The summed E-state index contributed by atoms with van der Waals surface area (Å²) in [6.45, 7) is 0. The summed E-state index contributed by atoms with van der Waals surface area (Å²) in [6, 6.07) is 8.58. The molecule has 0 bridgehead atoms. The van der Waals surface area contributed by atoms with E-state index in [1.54, 1.807) is 24.3 Å². The Morgan fingerprint density at radius 2 is 1.54 bits per heavy atom. The van der Waals surface area contributed by atoms with Crippen LogP contribution in [0.4, 0.5) is 0 Å². The number of halogens is 2. The highest BCUT2D eigenvalue weighted by atomic mass is 35.5. The zero-order valence-corrected chi connectivity index (χ0v) is 8.89. The average Bonchev–Trinajstić information content (AvgIpc) is 2.03. The van der Waals surface area contributed by atoms with Gasteiger partial charge >= 0.3 is 8.60 Å². The lowest BCUT2D eigenvalue weighted by Crippen LogP contribution is -1.90. The van der Waals surface area contributed by atoms with Gasteiger partial charge in [-0.3, -0.25) is 0 Å². The minimum Gasteiger partial charge on any atom is -0.329 e. The van der Waals surface area contributed by atoms with Gasteiger partial charge in [-0.15, -0.1) is 29.5 Å². The van der Waals surface area contributed by atoms with E-state index in [4.69, 9.17) is 9.79 Å². The monoisotopic (exact) mass is 246 g/mol. The van der Waals surface area contributed by atoms with Crippen LogP contribution in [0.1, 0.15) is 0 Å². The van der Waals surface area contributed by atoms with E-state index in [0.717, 1.165) is 0 Å². The van der Waals surface area contributed by atoms with E-state index in [-0.39, 0.29) is 24.8 Å². The van der Waals surface area contributed by atoms with Crippen LogP contribution in [0, 0.1) is 0 Å². The maximum atomic E-state index is 8.29. The topological polar surface area (TPSA) is 58.9 Å². The molecule has 0 atom stereocenters. The number of benzene rings is 1. The number of rotatable bonds is 3. The maximum Gasteiger partial charge on any atom is 0.370 e. The van der Waals surface area contributed by atoms with Crippen molar-refractivity contribution in [3.63, 3.8) is 0 Å². The summed E-state index contributed by atoms with van der Waals surface area (Å²) in [4.78, 5) is 21.1. The third-order valence-electron chi connectivity index (χ3n) is 0.943. The molecule has 0 radical (unpaired) electrons. The van der Waals surface area contributed by atoms with Gasteiger partial charge in [0, 0.05) is 0 Å². The number of hydrogen-bond donors (Lipinski definition) is 2. The first kappa shape index (κ1) is 15.4. The van der Waals surface area contributed by atoms with Crippen molar-refractivity contribution >= 4 is 33.4 Å². The lowest BCUT2D eigenvalue weighted by molar-refractivity contribution is -0.109. The zero-order chi connectivity index (χ0) is 8.10. The summed E-state index contributed by atoms with van der Waals surface area (Å²) in [7, 11) is -2.45. The second kappa shape index (κ2) is 8.51. The van der Waals surface area contributed by atoms with E-state index in [1.807, 2.05) is 6.07 Å². The molecular formula is C6H9Cl2O4P. The van der Waals surface area contributed by atoms with Crippen LogP contribution in [0.15, 0.2) is 30.3 Å². The molecule has 0 aliphatic carbocycles. The Bertz CT molecular complexity index is 209. The second-order valence-corrected chi connectivity index (χ2v) is 2.38. The molecule has 13 heavy (non-hydrogen) atoms. The van der Waals surface area contributed by atoms with E-state index in [0.29, 0.717) is 5.75 Å². The Hall–Kier alpha value is -0.0900. The van der Waals surface area contributed by atoms with Gasteiger partial charge in [-0.05, 0) is 12.1 Å². The molecule has 0 saturated heterocycles. The summed E-state index contributed by atoms with van der Waals surface area (Å²) in [5.74, 6) is 0.433. The summed E-state index contributed by atoms with van der Waals surface area (Å²) in [5.41, 5.74) is 0. The van der Waals surface area contributed by atoms with E-state index in [1.165, 1.54) is 0 Å². The van der Waals surface area contributed by atoms with Crippen LogP contribution in [0.25, 0.3) is 0 Å². The molecule has 0 aromatic heterocycles. The van der Waals surface area contributed by atoms with Gasteiger partial charge < -0.3 is 14.7 Å². The fourth-order valence-corrected chi connectivity index (χ4v) is 0.705. The molecule has 1 aromatic rings. The Kier molecular flexibility index (Phi) is 10.1. The summed E-state index contributed by atoms with van der Waals surface area (Å²) < 4.78 is 4.10. The van der Waals surface area contributed by atoms with Crippen molar-refractivity contribution in [2.45, 2.75) is 0 Å². The molecule has 0 heterocycles. The van der Waals surface area contributed by atoms with Gasteiger partial charge in [-0.1, -0.05) is 18.2 Å². The largest absolute Gasteiger partial charge is 0.370 e. The van der Waals surface area contributed by atoms with Crippen LogP contribution in [-0.4, -0.2) is 9.79 Å². The van der Waals surface area contributed by atoms with Gasteiger partial charge in [0.05, 0.1) is 0 Å².